The van der Waals surface area contributed by atoms with Gasteiger partial charge in [-0.25, -0.2) is 0 Å². The van der Waals surface area contributed by atoms with Gasteiger partial charge < -0.3 is 18.9 Å². The highest BCUT2D eigenvalue weighted by Gasteiger charge is 2.52. The van der Waals surface area contributed by atoms with Crippen molar-refractivity contribution in [1.29, 1.82) is 0 Å². The van der Waals surface area contributed by atoms with Gasteiger partial charge in [0.15, 0.2) is 12.6 Å². The van der Waals surface area contributed by atoms with Gasteiger partial charge in [0.1, 0.15) is 11.5 Å². The van der Waals surface area contributed by atoms with E-state index in [1.807, 2.05) is 6.08 Å². The van der Waals surface area contributed by atoms with Crippen molar-refractivity contribution >= 4 is 5.78 Å². The van der Waals surface area contributed by atoms with Crippen LogP contribution in [-0.2, 0) is 23.7 Å². The summed E-state index contributed by atoms with van der Waals surface area (Å²) in [5, 5.41) is 0. The summed E-state index contributed by atoms with van der Waals surface area (Å²) in [6.45, 7) is 10.0. The molecule has 0 amide bonds. The van der Waals surface area contributed by atoms with Crippen LogP contribution in [-0.4, -0.2) is 37.7 Å². The monoisotopic (exact) mass is 460 g/mol. The van der Waals surface area contributed by atoms with Crippen LogP contribution in [0.25, 0.3) is 0 Å². The molecule has 33 heavy (non-hydrogen) atoms. The SMILES string of the molecule is C=CCCC(C)(C)CC=C(OC1CCCCO1)[C@@H]1[C@@H]2CC(=O)C[C@@H]2C[C@H]1OC1CCCCO1. The van der Waals surface area contributed by atoms with Crippen LogP contribution in [0.15, 0.2) is 24.5 Å². The minimum absolute atomic E-state index is 0.0438. The van der Waals surface area contributed by atoms with Gasteiger partial charge in [0.2, 0.25) is 0 Å². The molecule has 4 aliphatic rings. The van der Waals surface area contributed by atoms with Gasteiger partial charge in [-0.3, -0.25) is 4.79 Å². The van der Waals surface area contributed by atoms with E-state index in [9.17, 15) is 4.79 Å². The summed E-state index contributed by atoms with van der Waals surface area (Å²) in [4.78, 5) is 12.4. The first-order valence-electron chi connectivity index (χ1n) is 13.3. The van der Waals surface area contributed by atoms with E-state index in [0.29, 0.717) is 30.5 Å². The summed E-state index contributed by atoms with van der Waals surface area (Å²) >= 11 is 0. The number of ether oxygens (including phenoxy) is 4. The lowest BCUT2D eigenvalue weighted by molar-refractivity contribution is -0.201. The van der Waals surface area contributed by atoms with Crippen LogP contribution in [0.5, 0.6) is 0 Å². The second-order valence-corrected chi connectivity index (χ2v) is 11.3. The number of carbonyl (C=O) groups excluding carboxylic acids is 1. The van der Waals surface area contributed by atoms with Crippen molar-refractivity contribution in [2.45, 2.75) is 110 Å². The third-order valence-electron chi connectivity index (χ3n) is 8.04. The summed E-state index contributed by atoms with van der Waals surface area (Å²) in [6, 6.07) is 0. The van der Waals surface area contributed by atoms with Gasteiger partial charge in [0.25, 0.3) is 0 Å². The van der Waals surface area contributed by atoms with Crippen LogP contribution in [0.2, 0.25) is 0 Å². The highest BCUT2D eigenvalue weighted by Crippen LogP contribution is 2.51. The number of Topliss-reactive ketones (excluding diaryl/α,β-unsaturated/α-hetero) is 1. The molecule has 4 fully saturated rings. The van der Waals surface area contributed by atoms with Crippen LogP contribution in [0, 0.1) is 23.2 Å². The summed E-state index contributed by atoms with van der Waals surface area (Å²) in [5.74, 6) is 2.19. The fourth-order valence-electron chi connectivity index (χ4n) is 6.09. The van der Waals surface area contributed by atoms with Crippen molar-refractivity contribution in [3.05, 3.63) is 24.5 Å². The molecule has 0 radical (unpaired) electrons. The third kappa shape index (κ3) is 6.70. The number of hydrogen-bond donors (Lipinski definition) is 0. The van der Waals surface area contributed by atoms with E-state index < -0.39 is 0 Å². The fraction of sp³-hybridized carbons (Fsp3) is 0.821. The Morgan fingerprint density at radius 1 is 1.09 bits per heavy atom. The van der Waals surface area contributed by atoms with Gasteiger partial charge in [-0.05, 0) is 81.1 Å². The molecular formula is C28H44O5. The topological polar surface area (TPSA) is 54.0 Å². The molecule has 0 bridgehead atoms. The Morgan fingerprint density at radius 2 is 1.82 bits per heavy atom. The van der Waals surface area contributed by atoms with Crippen LogP contribution in [0.4, 0.5) is 0 Å². The maximum absolute atomic E-state index is 12.4. The first-order valence-corrected chi connectivity index (χ1v) is 13.3. The molecule has 0 aromatic heterocycles. The molecule has 2 aliphatic heterocycles. The smallest absolute Gasteiger partial charge is 0.199 e. The van der Waals surface area contributed by atoms with Crippen molar-refractivity contribution < 1.29 is 23.7 Å². The molecule has 2 unspecified atom stereocenters. The van der Waals surface area contributed by atoms with E-state index in [1.165, 1.54) is 0 Å². The lowest BCUT2D eigenvalue weighted by Gasteiger charge is -2.34. The number of ketones is 1. The molecule has 0 N–H and O–H groups in total. The fourth-order valence-corrected chi connectivity index (χ4v) is 6.09. The summed E-state index contributed by atoms with van der Waals surface area (Å²) < 4.78 is 25.1. The Hall–Kier alpha value is -1.17. The van der Waals surface area contributed by atoms with Crippen molar-refractivity contribution in [2.24, 2.45) is 23.2 Å². The predicted molar refractivity (Wildman–Crippen MR) is 128 cm³/mol. The van der Waals surface area contributed by atoms with Gasteiger partial charge in [0, 0.05) is 31.8 Å². The molecular weight excluding hydrogens is 416 g/mol. The predicted octanol–water partition coefficient (Wildman–Crippen LogP) is 6.32. The molecule has 4 rings (SSSR count). The van der Waals surface area contributed by atoms with E-state index in [0.717, 1.165) is 83.2 Å². The quantitative estimate of drug-likeness (QED) is 0.282. The van der Waals surface area contributed by atoms with E-state index in [-0.39, 0.29) is 30.0 Å². The highest BCUT2D eigenvalue weighted by molar-refractivity contribution is 5.81. The van der Waals surface area contributed by atoms with Gasteiger partial charge in [-0.1, -0.05) is 19.9 Å². The van der Waals surface area contributed by atoms with Crippen LogP contribution in [0.1, 0.15) is 90.9 Å². The normalized spacial score (nSPS) is 35.5. The molecule has 2 heterocycles. The molecule has 0 aromatic carbocycles. The number of rotatable bonds is 10. The van der Waals surface area contributed by atoms with Crippen LogP contribution >= 0.6 is 0 Å². The molecule has 5 heteroatoms. The molecule has 5 nitrogen and oxygen atoms in total. The van der Waals surface area contributed by atoms with Crippen LogP contribution < -0.4 is 0 Å². The van der Waals surface area contributed by atoms with Gasteiger partial charge in [-0.2, -0.15) is 0 Å². The van der Waals surface area contributed by atoms with E-state index >= 15 is 0 Å². The zero-order valence-electron chi connectivity index (χ0n) is 20.8. The zero-order chi connectivity index (χ0) is 23.3. The second-order valence-electron chi connectivity index (χ2n) is 11.3. The Bertz CT molecular complexity index is 686. The van der Waals surface area contributed by atoms with E-state index in [2.05, 4.69) is 26.5 Å². The Balaban J connectivity index is 1.56. The minimum Gasteiger partial charge on any atom is -0.469 e. The van der Waals surface area contributed by atoms with Gasteiger partial charge in [-0.15, -0.1) is 6.58 Å². The van der Waals surface area contributed by atoms with Crippen molar-refractivity contribution in [3.63, 3.8) is 0 Å². The number of fused-ring (bicyclic) bond motifs is 1. The minimum atomic E-state index is -0.191. The second kappa shape index (κ2) is 11.5. The molecule has 0 aromatic rings. The van der Waals surface area contributed by atoms with Gasteiger partial charge >= 0.3 is 0 Å². The number of carbonyl (C=O) groups is 1. The number of hydrogen-bond acceptors (Lipinski definition) is 5. The molecule has 186 valence electrons. The Kier molecular flexibility index (Phi) is 8.69. The van der Waals surface area contributed by atoms with E-state index in [4.69, 9.17) is 18.9 Å². The average Bonchev–Trinajstić information content (AvgIpc) is 3.32. The first-order chi connectivity index (χ1) is 15.9. The lowest BCUT2D eigenvalue weighted by Crippen LogP contribution is -2.34. The summed E-state index contributed by atoms with van der Waals surface area (Å²) in [5.41, 5.74) is 0.155. The average molecular weight is 461 g/mol. The largest absolute Gasteiger partial charge is 0.469 e. The molecule has 2 saturated carbocycles. The Morgan fingerprint density at radius 3 is 2.48 bits per heavy atom. The lowest BCUT2D eigenvalue weighted by atomic mass is 9.82. The van der Waals surface area contributed by atoms with Crippen molar-refractivity contribution in [3.8, 4) is 0 Å². The van der Waals surface area contributed by atoms with Crippen molar-refractivity contribution in [1.82, 2.24) is 0 Å². The summed E-state index contributed by atoms with van der Waals surface area (Å²) in [6.07, 6.45) is 15.7. The first kappa shape index (κ1) is 24.9. The maximum atomic E-state index is 12.4. The summed E-state index contributed by atoms with van der Waals surface area (Å²) in [7, 11) is 0. The third-order valence-corrected chi connectivity index (χ3v) is 8.04. The molecule has 2 aliphatic carbocycles. The molecule has 6 atom stereocenters. The van der Waals surface area contributed by atoms with E-state index in [1.54, 1.807) is 0 Å². The highest BCUT2D eigenvalue weighted by atomic mass is 16.7. The maximum Gasteiger partial charge on any atom is 0.199 e. The molecule has 2 saturated heterocycles. The Labute approximate surface area is 200 Å². The zero-order valence-corrected chi connectivity index (χ0v) is 20.8. The van der Waals surface area contributed by atoms with Gasteiger partial charge in [0.05, 0.1) is 12.7 Å². The van der Waals surface area contributed by atoms with Crippen molar-refractivity contribution in [2.75, 3.05) is 13.2 Å². The standard InChI is InChI=1S/C28H44O5/c1-4-5-13-28(2,3)14-12-23(32-25-10-6-8-15-30-25)27-22-19-21(29)17-20(22)18-24(27)33-26-11-7-9-16-31-26/h4,12,20,22,24-27H,1,5-11,13-19H2,2-3H3/t20-,22-,24-,25?,26?,27+/m1/s1. The molecule has 0 spiro atoms. The van der Waals surface area contributed by atoms with Crippen LogP contribution in [0.3, 0.4) is 0 Å². The number of allylic oxidation sites excluding steroid dienone is 2.